The summed E-state index contributed by atoms with van der Waals surface area (Å²) in [4.78, 5) is 26.9. The number of hydrogen-bond donors (Lipinski definition) is 7. The molecule has 0 bridgehead atoms. The second-order valence-corrected chi connectivity index (χ2v) is 4.81. The standard InChI is InChI=1S/C6H13O9P.2Na.2H/c7-1-2(8)3(9)4(10)5(11)6(12)16(13,14)15;;;;/h1-6,8-12H,(H2,13,14,15);;;;/t2-,3-,4+,5+,6?;;;;/m1..../s1. The van der Waals surface area contributed by atoms with Crippen LogP contribution in [0.25, 0.3) is 0 Å². The predicted octanol–water partition coefficient (Wildman–Crippen LogP) is -5.17. The molecule has 12 heteroatoms. The van der Waals surface area contributed by atoms with E-state index in [1.54, 1.807) is 0 Å². The molecule has 0 aliphatic carbocycles. The van der Waals surface area contributed by atoms with Crippen LogP contribution >= 0.6 is 7.60 Å². The molecule has 0 amide bonds. The van der Waals surface area contributed by atoms with Gasteiger partial charge in [0, 0.05) is 0 Å². The van der Waals surface area contributed by atoms with Crippen molar-refractivity contribution in [2.24, 2.45) is 0 Å². The van der Waals surface area contributed by atoms with E-state index in [1.165, 1.54) is 0 Å². The number of hydrogen-bond acceptors (Lipinski definition) is 7. The summed E-state index contributed by atoms with van der Waals surface area (Å²) < 4.78 is 10.5. The first kappa shape index (κ1) is 24.6. The van der Waals surface area contributed by atoms with Crippen molar-refractivity contribution in [1.29, 1.82) is 0 Å². The van der Waals surface area contributed by atoms with E-state index in [9.17, 15) is 9.36 Å². The van der Waals surface area contributed by atoms with E-state index in [2.05, 4.69) is 0 Å². The molecule has 0 spiro atoms. The summed E-state index contributed by atoms with van der Waals surface area (Å²) in [5, 5.41) is 44.8. The van der Waals surface area contributed by atoms with Gasteiger partial charge < -0.3 is 40.1 Å². The zero-order chi connectivity index (χ0) is 13.1. The fourth-order valence-electron chi connectivity index (χ4n) is 0.860. The maximum atomic E-state index is 10.5. The fraction of sp³-hybridized carbons (Fsp3) is 0.833. The molecule has 0 aliphatic heterocycles. The van der Waals surface area contributed by atoms with Gasteiger partial charge in [0.25, 0.3) is 0 Å². The molecular weight excluding hydrogens is 293 g/mol. The van der Waals surface area contributed by atoms with Crippen molar-refractivity contribution in [2.45, 2.75) is 30.3 Å². The van der Waals surface area contributed by atoms with Crippen molar-refractivity contribution >= 4 is 73.0 Å². The van der Waals surface area contributed by atoms with E-state index >= 15 is 0 Å². The van der Waals surface area contributed by atoms with Crippen LogP contribution in [0.1, 0.15) is 0 Å². The number of aldehydes is 1. The van der Waals surface area contributed by atoms with Crippen molar-refractivity contribution in [3.63, 3.8) is 0 Å². The quantitative estimate of drug-likeness (QED) is 0.144. The van der Waals surface area contributed by atoms with E-state index in [1.807, 2.05) is 0 Å². The van der Waals surface area contributed by atoms with Crippen LogP contribution in [-0.4, -0.2) is 131 Å². The molecule has 7 N–H and O–H groups in total. The molecule has 9 nitrogen and oxygen atoms in total. The van der Waals surface area contributed by atoms with Gasteiger partial charge in [0.15, 0.2) is 12.1 Å². The van der Waals surface area contributed by atoms with Crippen LogP contribution in [0.2, 0.25) is 0 Å². The van der Waals surface area contributed by atoms with Gasteiger partial charge in [-0.2, -0.15) is 0 Å². The summed E-state index contributed by atoms with van der Waals surface area (Å²) >= 11 is 0. The first-order chi connectivity index (χ1) is 7.12. The van der Waals surface area contributed by atoms with Crippen LogP contribution < -0.4 is 0 Å². The summed E-state index contributed by atoms with van der Waals surface area (Å²) in [5.74, 6) is -2.63. The molecule has 0 radical (unpaired) electrons. The van der Waals surface area contributed by atoms with E-state index in [0.29, 0.717) is 0 Å². The zero-order valence-electron chi connectivity index (χ0n) is 7.86. The second-order valence-electron chi connectivity index (χ2n) is 3.10. The second kappa shape index (κ2) is 10.4. The Morgan fingerprint density at radius 3 is 1.50 bits per heavy atom. The summed E-state index contributed by atoms with van der Waals surface area (Å²) in [7, 11) is -5.08. The Labute approximate surface area is 147 Å². The van der Waals surface area contributed by atoms with Gasteiger partial charge in [-0.25, -0.2) is 0 Å². The van der Waals surface area contributed by atoms with Crippen LogP contribution in [-0.2, 0) is 9.36 Å². The normalized spacial score (nSPS) is 19.5. The summed E-state index contributed by atoms with van der Waals surface area (Å²) in [6, 6.07) is 0. The van der Waals surface area contributed by atoms with Gasteiger partial charge in [-0.05, 0) is 0 Å². The van der Waals surface area contributed by atoms with Crippen LogP contribution in [0.15, 0.2) is 0 Å². The Hall–Kier alpha value is 1.62. The molecule has 0 saturated heterocycles. The van der Waals surface area contributed by atoms with Crippen molar-refractivity contribution in [3.05, 3.63) is 0 Å². The summed E-state index contributed by atoms with van der Waals surface area (Å²) in [6.45, 7) is 0. The average molecular weight is 308 g/mol. The molecule has 18 heavy (non-hydrogen) atoms. The Bertz CT molecular complexity index is 284. The Balaban J connectivity index is -0.00000112. The Kier molecular flexibility index (Phi) is 14.2. The third-order valence-electron chi connectivity index (χ3n) is 1.84. The number of aliphatic hydroxyl groups excluding tert-OH is 5. The summed E-state index contributed by atoms with van der Waals surface area (Å²) in [6.07, 6.45) is -9.07. The molecule has 0 fully saturated rings. The van der Waals surface area contributed by atoms with Gasteiger partial charge in [-0.15, -0.1) is 0 Å². The fourth-order valence-corrected chi connectivity index (χ4v) is 1.43. The molecule has 0 heterocycles. The first-order valence-electron chi connectivity index (χ1n) is 4.03. The van der Waals surface area contributed by atoms with Crippen molar-refractivity contribution < 1.29 is 44.7 Å². The zero-order valence-corrected chi connectivity index (χ0v) is 8.75. The van der Waals surface area contributed by atoms with E-state index in [0.717, 1.165) is 0 Å². The van der Waals surface area contributed by atoms with Gasteiger partial charge in [0.1, 0.15) is 24.4 Å². The number of aliphatic hydroxyl groups is 5. The topological polar surface area (TPSA) is 176 Å². The van der Waals surface area contributed by atoms with Crippen molar-refractivity contribution in [2.75, 3.05) is 0 Å². The van der Waals surface area contributed by atoms with Crippen molar-refractivity contribution in [3.8, 4) is 0 Å². The molecule has 0 aromatic carbocycles. The Morgan fingerprint density at radius 1 is 0.833 bits per heavy atom. The molecular formula is C6H15Na2O9P. The molecule has 0 aromatic rings. The molecule has 5 atom stereocenters. The van der Waals surface area contributed by atoms with Crippen LogP contribution in [0.5, 0.6) is 0 Å². The first-order valence-corrected chi connectivity index (χ1v) is 5.72. The molecule has 0 aliphatic rings. The van der Waals surface area contributed by atoms with Gasteiger partial charge >= 0.3 is 66.7 Å². The number of carbonyl (C=O) groups is 1. The predicted molar refractivity (Wildman–Crippen MR) is 62.4 cm³/mol. The third-order valence-corrected chi connectivity index (χ3v) is 2.83. The number of carbonyl (C=O) groups excluding carboxylic acids is 1. The third kappa shape index (κ3) is 7.41. The van der Waals surface area contributed by atoms with E-state index in [4.69, 9.17) is 35.3 Å². The van der Waals surface area contributed by atoms with Gasteiger partial charge in [0.2, 0.25) is 0 Å². The van der Waals surface area contributed by atoms with Crippen LogP contribution in [0, 0.1) is 0 Å². The summed E-state index contributed by atoms with van der Waals surface area (Å²) in [5.41, 5.74) is 0. The SMILES string of the molecule is O=C[C@@H](O)[C@@H](O)[C@H](O)[C@H](O)C(O)P(=O)(O)O.[NaH].[NaH]. The molecule has 100 valence electrons. The molecule has 0 aromatic heterocycles. The van der Waals surface area contributed by atoms with Gasteiger partial charge in [0.05, 0.1) is 0 Å². The maximum absolute atomic E-state index is 10.5. The monoisotopic (exact) mass is 308 g/mol. The average Bonchev–Trinajstić information content (AvgIpc) is 2.22. The van der Waals surface area contributed by atoms with Gasteiger partial charge in [-0.3, -0.25) is 4.57 Å². The Morgan fingerprint density at radius 2 is 1.22 bits per heavy atom. The van der Waals surface area contributed by atoms with Gasteiger partial charge in [-0.1, -0.05) is 0 Å². The minimum atomic E-state index is -5.08. The molecule has 0 rings (SSSR count). The van der Waals surface area contributed by atoms with Crippen molar-refractivity contribution in [1.82, 2.24) is 0 Å². The number of rotatable bonds is 6. The molecule has 0 saturated carbocycles. The van der Waals surface area contributed by atoms with Crippen LogP contribution in [0.4, 0.5) is 0 Å². The molecule has 1 unspecified atom stereocenters. The van der Waals surface area contributed by atoms with E-state index in [-0.39, 0.29) is 65.4 Å². The minimum absolute atomic E-state index is 0. The van der Waals surface area contributed by atoms with Crippen LogP contribution in [0.3, 0.4) is 0 Å². The van der Waals surface area contributed by atoms with E-state index < -0.39 is 37.9 Å².